The summed E-state index contributed by atoms with van der Waals surface area (Å²) in [5, 5.41) is 11.5. The van der Waals surface area contributed by atoms with Crippen LogP contribution in [0.5, 0.6) is 0 Å². The van der Waals surface area contributed by atoms with Crippen molar-refractivity contribution in [2.24, 2.45) is 0 Å². The lowest BCUT2D eigenvalue weighted by molar-refractivity contribution is -0.139. The van der Waals surface area contributed by atoms with Gasteiger partial charge in [-0.3, -0.25) is 14.2 Å². The average Bonchev–Trinajstić information content (AvgIpc) is 3.56. The molecule has 0 saturated heterocycles. The molecule has 1 saturated carbocycles. The molecule has 1 fully saturated rings. The van der Waals surface area contributed by atoms with E-state index in [9.17, 15) is 9.59 Å². The lowest BCUT2D eigenvalue weighted by Gasteiger charge is -2.16. The van der Waals surface area contributed by atoms with Crippen LogP contribution in [-0.2, 0) is 9.53 Å². The van der Waals surface area contributed by atoms with Crippen LogP contribution in [0.25, 0.3) is 5.69 Å². The summed E-state index contributed by atoms with van der Waals surface area (Å²) >= 11 is 1.25. The van der Waals surface area contributed by atoms with E-state index in [1.807, 2.05) is 41.0 Å². The minimum Gasteiger partial charge on any atom is -0.468 e. The van der Waals surface area contributed by atoms with Gasteiger partial charge >= 0.3 is 5.97 Å². The van der Waals surface area contributed by atoms with Crippen LogP contribution < -0.4 is 5.32 Å². The highest BCUT2D eigenvalue weighted by molar-refractivity contribution is 8.00. The van der Waals surface area contributed by atoms with E-state index in [0.29, 0.717) is 16.6 Å². The Morgan fingerprint density at radius 2 is 1.77 bits per heavy atom. The number of hydrogen-bond acceptors (Lipinski definition) is 6. The summed E-state index contributed by atoms with van der Waals surface area (Å²) in [6.07, 6.45) is 2.17. The van der Waals surface area contributed by atoms with Gasteiger partial charge in [-0.1, -0.05) is 48.2 Å². The van der Waals surface area contributed by atoms with Gasteiger partial charge in [0, 0.05) is 23.7 Å². The Labute approximate surface area is 178 Å². The summed E-state index contributed by atoms with van der Waals surface area (Å²) < 4.78 is 6.96. The Morgan fingerprint density at radius 1 is 1.10 bits per heavy atom. The molecule has 154 valence electrons. The number of aromatic nitrogens is 3. The summed E-state index contributed by atoms with van der Waals surface area (Å²) in [5.74, 6) is 0.624. The molecule has 0 spiro atoms. The van der Waals surface area contributed by atoms with Crippen LogP contribution in [0.1, 0.15) is 34.9 Å². The maximum Gasteiger partial charge on any atom is 0.321 e. The Kier molecular flexibility index (Phi) is 6.13. The first-order valence-corrected chi connectivity index (χ1v) is 10.6. The van der Waals surface area contributed by atoms with Gasteiger partial charge in [0.15, 0.2) is 5.16 Å². The van der Waals surface area contributed by atoms with E-state index in [0.717, 1.165) is 24.4 Å². The molecule has 1 aliphatic carbocycles. The standard InChI is InChI=1S/C22H22N4O3S/c1-29-21(28)18(14-23-20(27)16-8-4-2-5-9-16)30-22-25-24-19(15-12-13-15)26(22)17-10-6-3-7-11-17/h2-11,15,18H,12-14H2,1H3,(H,23,27)/t18-/m0/s1. The van der Waals surface area contributed by atoms with Crippen LogP contribution >= 0.6 is 11.8 Å². The molecule has 0 bridgehead atoms. The van der Waals surface area contributed by atoms with Crippen molar-refractivity contribution in [1.29, 1.82) is 0 Å². The number of thioether (sulfide) groups is 1. The molecule has 1 aliphatic rings. The Morgan fingerprint density at radius 3 is 2.40 bits per heavy atom. The zero-order chi connectivity index (χ0) is 20.9. The van der Waals surface area contributed by atoms with Crippen molar-refractivity contribution in [1.82, 2.24) is 20.1 Å². The van der Waals surface area contributed by atoms with Gasteiger partial charge in [0.2, 0.25) is 0 Å². The van der Waals surface area contributed by atoms with Crippen LogP contribution in [-0.4, -0.2) is 45.5 Å². The number of esters is 1. The fourth-order valence-electron chi connectivity index (χ4n) is 3.09. The van der Waals surface area contributed by atoms with Gasteiger partial charge in [-0.05, 0) is 37.1 Å². The zero-order valence-corrected chi connectivity index (χ0v) is 17.3. The van der Waals surface area contributed by atoms with Crippen molar-refractivity contribution in [2.45, 2.75) is 29.2 Å². The molecule has 1 atom stereocenters. The van der Waals surface area contributed by atoms with Gasteiger partial charge in [-0.2, -0.15) is 0 Å². The quantitative estimate of drug-likeness (QED) is 0.443. The highest BCUT2D eigenvalue weighted by Crippen LogP contribution is 2.41. The third kappa shape index (κ3) is 4.54. The summed E-state index contributed by atoms with van der Waals surface area (Å²) in [5.41, 5.74) is 1.48. The van der Waals surface area contributed by atoms with E-state index < -0.39 is 11.2 Å². The smallest absolute Gasteiger partial charge is 0.321 e. The lowest BCUT2D eigenvalue weighted by atomic mass is 10.2. The van der Waals surface area contributed by atoms with Crippen LogP contribution in [0.2, 0.25) is 0 Å². The molecule has 7 nitrogen and oxygen atoms in total. The minimum absolute atomic E-state index is 0.117. The molecular formula is C22H22N4O3S. The normalized spacial score (nSPS) is 14.2. The summed E-state index contributed by atoms with van der Waals surface area (Å²) in [6.45, 7) is 0.117. The van der Waals surface area contributed by atoms with E-state index in [-0.39, 0.29) is 12.5 Å². The molecule has 8 heteroatoms. The summed E-state index contributed by atoms with van der Waals surface area (Å²) in [7, 11) is 1.34. The van der Waals surface area contributed by atoms with Gasteiger partial charge < -0.3 is 10.1 Å². The van der Waals surface area contributed by atoms with E-state index in [1.54, 1.807) is 24.3 Å². The molecule has 4 rings (SSSR count). The van der Waals surface area contributed by atoms with Crippen molar-refractivity contribution in [3.8, 4) is 5.69 Å². The zero-order valence-electron chi connectivity index (χ0n) is 16.5. The van der Waals surface area contributed by atoms with Crippen LogP contribution in [0.3, 0.4) is 0 Å². The van der Waals surface area contributed by atoms with Crippen molar-refractivity contribution >= 4 is 23.6 Å². The summed E-state index contributed by atoms with van der Waals surface area (Å²) in [4.78, 5) is 24.8. The number of carbonyl (C=O) groups is 2. The molecule has 30 heavy (non-hydrogen) atoms. The first kappa shape index (κ1) is 20.2. The van der Waals surface area contributed by atoms with Crippen molar-refractivity contribution in [3.05, 3.63) is 72.1 Å². The van der Waals surface area contributed by atoms with E-state index >= 15 is 0 Å². The number of benzene rings is 2. The number of hydrogen-bond donors (Lipinski definition) is 1. The molecule has 1 aromatic heterocycles. The second kappa shape index (κ2) is 9.13. The molecule has 0 radical (unpaired) electrons. The molecule has 2 aromatic carbocycles. The summed E-state index contributed by atoms with van der Waals surface area (Å²) in [6, 6.07) is 18.7. The second-order valence-corrected chi connectivity index (χ2v) is 8.16. The third-order valence-corrected chi connectivity index (χ3v) is 5.93. The van der Waals surface area contributed by atoms with Crippen molar-refractivity contribution in [2.75, 3.05) is 13.7 Å². The molecule has 1 amide bonds. The maximum atomic E-state index is 12.4. The number of methoxy groups -OCH3 is 1. The first-order valence-electron chi connectivity index (χ1n) is 9.76. The highest BCUT2D eigenvalue weighted by atomic mass is 32.2. The van der Waals surface area contributed by atoms with E-state index in [4.69, 9.17) is 4.74 Å². The number of amides is 1. The average molecular weight is 423 g/mol. The Bertz CT molecular complexity index is 1020. The number of rotatable bonds is 8. The van der Waals surface area contributed by atoms with E-state index in [2.05, 4.69) is 15.5 Å². The third-order valence-electron chi connectivity index (χ3n) is 4.81. The molecule has 3 aromatic rings. The van der Waals surface area contributed by atoms with Gasteiger partial charge in [0.25, 0.3) is 5.91 Å². The topological polar surface area (TPSA) is 86.1 Å². The molecular weight excluding hydrogens is 400 g/mol. The van der Waals surface area contributed by atoms with E-state index in [1.165, 1.54) is 18.9 Å². The molecule has 0 unspecified atom stereocenters. The van der Waals surface area contributed by atoms with Gasteiger partial charge in [-0.25, -0.2) is 0 Å². The fourth-order valence-corrected chi connectivity index (χ4v) is 4.10. The number of nitrogens with zero attached hydrogens (tertiary/aromatic N) is 3. The number of carbonyl (C=O) groups excluding carboxylic acids is 2. The Hall–Kier alpha value is -3.13. The molecule has 1 N–H and O–H groups in total. The van der Waals surface area contributed by atoms with Crippen LogP contribution in [0.4, 0.5) is 0 Å². The van der Waals surface area contributed by atoms with Gasteiger partial charge in [-0.15, -0.1) is 10.2 Å². The number of ether oxygens (including phenoxy) is 1. The predicted molar refractivity (Wildman–Crippen MR) is 114 cm³/mol. The monoisotopic (exact) mass is 422 g/mol. The minimum atomic E-state index is -0.652. The van der Waals surface area contributed by atoms with Crippen LogP contribution in [0.15, 0.2) is 65.8 Å². The predicted octanol–water partition coefficient (Wildman–Crippen LogP) is 3.21. The Balaban J connectivity index is 1.55. The second-order valence-electron chi connectivity index (χ2n) is 6.99. The largest absolute Gasteiger partial charge is 0.468 e. The lowest BCUT2D eigenvalue weighted by Crippen LogP contribution is -2.35. The first-order chi connectivity index (χ1) is 14.7. The molecule has 0 aliphatic heterocycles. The SMILES string of the molecule is COC(=O)[C@H](CNC(=O)c1ccccc1)Sc1nnc(C2CC2)n1-c1ccccc1. The van der Waals surface area contributed by atoms with Gasteiger partial charge in [0.05, 0.1) is 7.11 Å². The number of para-hydroxylation sites is 1. The number of nitrogens with one attached hydrogen (secondary N) is 1. The van der Waals surface area contributed by atoms with Crippen molar-refractivity contribution < 1.29 is 14.3 Å². The van der Waals surface area contributed by atoms with Crippen LogP contribution in [0, 0.1) is 0 Å². The fraction of sp³-hybridized carbons (Fsp3) is 0.273. The van der Waals surface area contributed by atoms with Gasteiger partial charge in [0.1, 0.15) is 11.1 Å². The maximum absolute atomic E-state index is 12.4. The molecule has 1 heterocycles. The highest BCUT2D eigenvalue weighted by Gasteiger charge is 2.32. The van der Waals surface area contributed by atoms with Crippen molar-refractivity contribution in [3.63, 3.8) is 0 Å².